The molecule has 13 heteroatoms. The van der Waals surface area contributed by atoms with Crippen LogP contribution < -0.4 is 15.2 Å². The highest BCUT2D eigenvalue weighted by Crippen LogP contribution is 2.33. The molecule has 2 aromatic rings. The third-order valence-electron chi connectivity index (χ3n) is 5.45. The third-order valence-corrected chi connectivity index (χ3v) is 5.45. The van der Waals surface area contributed by atoms with Gasteiger partial charge in [-0.2, -0.15) is 23.5 Å². The normalized spacial score (nSPS) is 14.9. The van der Waals surface area contributed by atoms with Gasteiger partial charge in [-0.25, -0.2) is 10.1 Å². The van der Waals surface area contributed by atoms with E-state index in [1.165, 1.54) is 6.20 Å². The Hall–Kier alpha value is -3.66. The summed E-state index contributed by atoms with van der Waals surface area (Å²) in [5.74, 6) is -0.0127. The molecule has 10 nitrogen and oxygen atoms in total. The molecule has 0 aromatic carbocycles. The summed E-state index contributed by atoms with van der Waals surface area (Å²) >= 11 is 0. The van der Waals surface area contributed by atoms with E-state index >= 15 is 0 Å². The highest BCUT2D eigenvalue weighted by molar-refractivity contribution is 5.76. The summed E-state index contributed by atoms with van der Waals surface area (Å²) in [5, 5.41) is 14.0. The number of rotatable bonds is 9. The molecule has 0 spiro atoms. The Morgan fingerprint density at radius 1 is 1.26 bits per heavy atom. The molecular weight excluding hydrogens is 469 g/mol. The number of carbonyl (C=O) groups excluding carboxylic acids is 1. The molecular formula is C22H25F3N6O4. The van der Waals surface area contributed by atoms with Crippen molar-refractivity contribution in [1.82, 2.24) is 20.1 Å². The van der Waals surface area contributed by atoms with Gasteiger partial charge in [0.15, 0.2) is 11.3 Å². The van der Waals surface area contributed by atoms with Crippen molar-refractivity contribution in [2.24, 2.45) is 0 Å². The maximum absolute atomic E-state index is 13.2. The quantitative estimate of drug-likeness (QED) is 0.525. The van der Waals surface area contributed by atoms with E-state index in [1.54, 1.807) is 29.1 Å². The first-order valence-corrected chi connectivity index (χ1v) is 11.0. The van der Waals surface area contributed by atoms with Gasteiger partial charge in [-0.1, -0.05) is 6.92 Å². The summed E-state index contributed by atoms with van der Waals surface area (Å²) in [6.45, 7) is 3.96. The maximum Gasteiger partial charge on any atom is 0.425 e. The fraction of sp³-hybridized carbons (Fsp3) is 0.500. The topological polar surface area (TPSA) is 124 Å². The Bertz CT molecular complexity index is 1090. The number of nitrogens with one attached hydrogen (secondary N) is 1. The highest BCUT2D eigenvalue weighted by atomic mass is 19.4. The van der Waals surface area contributed by atoms with E-state index in [1.807, 2.05) is 11.0 Å². The molecule has 1 fully saturated rings. The van der Waals surface area contributed by atoms with Gasteiger partial charge in [0, 0.05) is 32.4 Å². The summed E-state index contributed by atoms with van der Waals surface area (Å²) in [6, 6.07) is 5.49. The van der Waals surface area contributed by atoms with Crippen molar-refractivity contribution in [1.29, 1.82) is 5.26 Å². The van der Waals surface area contributed by atoms with Gasteiger partial charge in [-0.05, 0) is 18.6 Å². The monoisotopic (exact) mass is 494 g/mol. The van der Waals surface area contributed by atoms with Crippen LogP contribution >= 0.6 is 0 Å². The van der Waals surface area contributed by atoms with Gasteiger partial charge in [-0.3, -0.25) is 9.59 Å². The molecule has 1 unspecified atom stereocenters. The molecule has 1 amide bonds. The Labute approximate surface area is 199 Å². The number of H-pyrrole nitrogens is 1. The van der Waals surface area contributed by atoms with Crippen LogP contribution in [0.2, 0.25) is 0 Å². The van der Waals surface area contributed by atoms with Gasteiger partial charge in [-0.15, -0.1) is 0 Å². The second kappa shape index (κ2) is 11.7. The van der Waals surface area contributed by atoms with Crippen LogP contribution in [0.4, 0.5) is 19.0 Å². The van der Waals surface area contributed by atoms with E-state index < -0.39 is 29.2 Å². The van der Waals surface area contributed by atoms with Gasteiger partial charge < -0.3 is 19.3 Å². The summed E-state index contributed by atoms with van der Waals surface area (Å²) in [7, 11) is 0. The van der Waals surface area contributed by atoms with E-state index in [0.717, 1.165) is 12.0 Å². The number of amides is 1. The molecule has 0 aliphatic carbocycles. The summed E-state index contributed by atoms with van der Waals surface area (Å²) < 4.78 is 50.3. The highest BCUT2D eigenvalue weighted by Gasteiger charge is 2.38. The van der Waals surface area contributed by atoms with Crippen molar-refractivity contribution in [3.63, 3.8) is 0 Å². The molecule has 0 bridgehead atoms. The predicted molar refractivity (Wildman–Crippen MR) is 118 cm³/mol. The lowest BCUT2D eigenvalue weighted by Gasteiger charge is -2.35. The second-order valence-corrected chi connectivity index (χ2v) is 7.79. The zero-order valence-corrected chi connectivity index (χ0v) is 19.0. The van der Waals surface area contributed by atoms with Crippen LogP contribution in [0.5, 0.6) is 5.75 Å². The van der Waals surface area contributed by atoms with Crippen molar-refractivity contribution < 1.29 is 27.4 Å². The molecule has 1 aliphatic heterocycles. The van der Waals surface area contributed by atoms with E-state index in [2.05, 4.69) is 10.1 Å². The van der Waals surface area contributed by atoms with Crippen molar-refractivity contribution >= 4 is 11.7 Å². The van der Waals surface area contributed by atoms with Crippen LogP contribution in [0.1, 0.15) is 30.9 Å². The average molecular weight is 494 g/mol. The molecule has 1 aliphatic rings. The molecule has 1 N–H and O–H groups in total. The summed E-state index contributed by atoms with van der Waals surface area (Å²) in [4.78, 5) is 32.1. The largest absolute Gasteiger partial charge is 0.485 e. The van der Waals surface area contributed by atoms with Gasteiger partial charge in [0.05, 0.1) is 31.4 Å². The zero-order chi connectivity index (χ0) is 25.4. The zero-order valence-electron chi connectivity index (χ0n) is 19.0. The Morgan fingerprint density at radius 2 is 2.00 bits per heavy atom. The minimum absolute atomic E-state index is 0.0496. The fourth-order valence-corrected chi connectivity index (χ4v) is 3.51. The maximum atomic E-state index is 13.2. The first-order chi connectivity index (χ1) is 16.7. The van der Waals surface area contributed by atoms with Crippen LogP contribution in [0.3, 0.4) is 0 Å². The number of hydrogen-bond donors (Lipinski definition) is 1. The SMILES string of the molecule is CCC(COCCC(=O)N1CCN(c2ccc(C#N)cn2)CC1)Oc1cn[nH]c(=O)c1C(F)(F)F. The number of carbonyl (C=O) groups is 1. The lowest BCUT2D eigenvalue weighted by atomic mass is 10.2. The molecule has 188 valence electrons. The van der Waals surface area contributed by atoms with E-state index in [-0.39, 0.29) is 25.5 Å². The molecule has 2 aromatic heterocycles. The standard InChI is InChI=1S/C22H25F3N6O4/c1-2-16(35-17-13-28-29-21(33)20(17)22(23,24)25)14-34-10-5-19(32)31-8-6-30(7-9-31)18-4-3-15(11-26)12-27-18/h3-4,12-13,16H,2,5-10,14H2,1H3,(H,29,33). The number of hydrogen-bond acceptors (Lipinski definition) is 8. The van der Waals surface area contributed by atoms with E-state index in [9.17, 15) is 22.8 Å². The van der Waals surface area contributed by atoms with Crippen molar-refractivity contribution in [3.05, 3.63) is 46.0 Å². The van der Waals surface area contributed by atoms with Crippen molar-refractivity contribution in [2.75, 3.05) is 44.3 Å². The Kier molecular flexibility index (Phi) is 8.64. The number of aromatic amines is 1. The van der Waals surface area contributed by atoms with Gasteiger partial charge >= 0.3 is 6.18 Å². The molecule has 0 saturated carbocycles. The van der Waals surface area contributed by atoms with Gasteiger partial charge in [0.1, 0.15) is 18.0 Å². The molecule has 3 rings (SSSR count). The summed E-state index contributed by atoms with van der Waals surface area (Å²) in [6.07, 6.45) is -2.89. The fourth-order valence-electron chi connectivity index (χ4n) is 3.51. The molecule has 1 atom stereocenters. The number of piperazine rings is 1. The minimum atomic E-state index is -4.89. The van der Waals surface area contributed by atoms with Crippen LogP contribution in [0, 0.1) is 11.3 Å². The van der Waals surface area contributed by atoms with Crippen LogP contribution in [0.15, 0.2) is 29.3 Å². The lowest BCUT2D eigenvalue weighted by molar-refractivity contribution is -0.141. The number of pyridine rings is 1. The number of alkyl halides is 3. The molecule has 0 radical (unpaired) electrons. The van der Waals surface area contributed by atoms with E-state index in [0.29, 0.717) is 38.2 Å². The van der Waals surface area contributed by atoms with Crippen molar-refractivity contribution in [3.8, 4) is 11.8 Å². The van der Waals surface area contributed by atoms with Crippen molar-refractivity contribution in [2.45, 2.75) is 32.0 Å². The van der Waals surface area contributed by atoms with Gasteiger partial charge in [0.25, 0.3) is 5.56 Å². The Morgan fingerprint density at radius 3 is 2.60 bits per heavy atom. The number of nitriles is 1. The second-order valence-electron chi connectivity index (χ2n) is 7.79. The number of ether oxygens (including phenoxy) is 2. The number of halogens is 3. The molecule has 1 saturated heterocycles. The minimum Gasteiger partial charge on any atom is -0.485 e. The molecule has 3 heterocycles. The molecule has 35 heavy (non-hydrogen) atoms. The van der Waals surface area contributed by atoms with Crippen LogP contribution in [-0.4, -0.2) is 71.5 Å². The first-order valence-electron chi connectivity index (χ1n) is 11.0. The van der Waals surface area contributed by atoms with E-state index in [4.69, 9.17) is 14.7 Å². The number of nitrogens with zero attached hydrogens (tertiary/aromatic N) is 5. The first kappa shape index (κ1) is 26.0. The van der Waals surface area contributed by atoms with Crippen LogP contribution in [0.25, 0.3) is 0 Å². The number of aromatic nitrogens is 3. The third kappa shape index (κ3) is 6.92. The average Bonchev–Trinajstić information content (AvgIpc) is 2.85. The Balaban J connectivity index is 1.42. The summed E-state index contributed by atoms with van der Waals surface area (Å²) in [5.41, 5.74) is -2.35. The predicted octanol–water partition coefficient (Wildman–Crippen LogP) is 1.97. The van der Waals surface area contributed by atoms with Crippen LogP contribution in [-0.2, 0) is 15.7 Å². The number of anilines is 1. The smallest absolute Gasteiger partial charge is 0.425 e. The lowest BCUT2D eigenvalue weighted by Crippen LogP contribution is -2.49. The van der Waals surface area contributed by atoms with Gasteiger partial charge in [0.2, 0.25) is 5.91 Å².